The summed E-state index contributed by atoms with van der Waals surface area (Å²) in [5, 5.41) is 3.53. The predicted octanol–water partition coefficient (Wildman–Crippen LogP) is 6.95. The Bertz CT molecular complexity index is 1350. The molecule has 0 aromatic heterocycles. The van der Waals surface area contributed by atoms with Gasteiger partial charge in [-0.25, -0.2) is 0 Å². The molecular weight excluding hydrogens is 538 g/mol. The van der Waals surface area contributed by atoms with E-state index in [-0.39, 0.29) is 17.3 Å². The van der Waals surface area contributed by atoms with Crippen molar-refractivity contribution in [3.63, 3.8) is 0 Å². The van der Waals surface area contributed by atoms with Gasteiger partial charge in [0.15, 0.2) is 0 Å². The Balaban J connectivity index is 1.21. The van der Waals surface area contributed by atoms with Crippen LogP contribution in [-0.4, -0.2) is 53.0 Å². The SMILES string of the molecule is CCOC(=O)CC1(c2ccc(NCc3cccc(-c4c(C)cc(OCC5CCS(O)(O)C5)cc4C)c3)cc2)COC1. The van der Waals surface area contributed by atoms with E-state index >= 15 is 0 Å². The second-order valence-corrected chi connectivity index (χ2v) is 13.8. The minimum absolute atomic E-state index is 0.184. The summed E-state index contributed by atoms with van der Waals surface area (Å²) in [5.74, 6) is 1.77. The average molecular weight is 580 g/mol. The van der Waals surface area contributed by atoms with Crippen molar-refractivity contribution in [2.24, 2.45) is 5.92 Å². The van der Waals surface area contributed by atoms with Crippen molar-refractivity contribution < 1.29 is 28.1 Å². The van der Waals surface area contributed by atoms with Gasteiger partial charge >= 0.3 is 5.97 Å². The highest BCUT2D eigenvalue weighted by Crippen LogP contribution is 2.48. The Morgan fingerprint density at radius 2 is 1.80 bits per heavy atom. The lowest BCUT2D eigenvalue weighted by Crippen LogP contribution is -2.48. The number of carbonyl (C=O) groups excluding carboxylic acids is 1. The second kappa shape index (κ2) is 12.4. The third-order valence-electron chi connectivity index (χ3n) is 8.10. The molecule has 0 spiro atoms. The van der Waals surface area contributed by atoms with E-state index in [0.29, 0.717) is 50.9 Å². The van der Waals surface area contributed by atoms with Crippen LogP contribution in [0, 0.1) is 19.8 Å². The first kappa shape index (κ1) is 29.5. The molecule has 2 heterocycles. The van der Waals surface area contributed by atoms with E-state index in [0.717, 1.165) is 40.1 Å². The number of carbonyl (C=O) groups is 1. The van der Waals surface area contributed by atoms with Crippen LogP contribution in [-0.2, 0) is 26.2 Å². The first-order valence-electron chi connectivity index (χ1n) is 14.3. The number of nitrogens with one attached hydrogen (secondary N) is 1. The van der Waals surface area contributed by atoms with Crippen molar-refractivity contribution >= 4 is 22.2 Å². The smallest absolute Gasteiger partial charge is 0.306 e. The molecule has 0 aliphatic carbocycles. The maximum atomic E-state index is 12.1. The fourth-order valence-electron chi connectivity index (χ4n) is 5.90. The van der Waals surface area contributed by atoms with Crippen molar-refractivity contribution in [3.8, 4) is 16.9 Å². The molecular formula is C33H41NO6S. The normalized spacial score (nSPS) is 19.7. The molecule has 0 saturated carbocycles. The van der Waals surface area contributed by atoms with E-state index in [1.165, 1.54) is 11.1 Å². The molecule has 7 nitrogen and oxygen atoms in total. The minimum atomic E-state index is -2.40. The van der Waals surface area contributed by atoms with Gasteiger partial charge in [0.05, 0.1) is 38.3 Å². The van der Waals surface area contributed by atoms with E-state index in [2.05, 4.69) is 79.8 Å². The van der Waals surface area contributed by atoms with E-state index in [1.54, 1.807) is 0 Å². The zero-order valence-electron chi connectivity index (χ0n) is 24.2. The zero-order chi connectivity index (χ0) is 29.0. The summed E-state index contributed by atoms with van der Waals surface area (Å²) in [6, 6.07) is 21.0. The molecule has 41 heavy (non-hydrogen) atoms. The Morgan fingerprint density at radius 1 is 1.07 bits per heavy atom. The van der Waals surface area contributed by atoms with E-state index in [9.17, 15) is 13.9 Å². The van der Waals surface area contributed by atoms with Gasteiger partial charge in [-0.2, -0.15) is 10.6 Å². The molecule has 2 aliphatic heterocycles. The summed E-state index contributed by atoms with van der Waals surface area (Å²) in [6.07, 6.45) is 1.14. The van der Waals surface area contributed by atoms with Crippen LogP contribution in [0.15, 0.2) is 60.7 Å². The number of aryl methyl sites for hydroxylation is 2. The van der Waals surface area contributed by atoms with Crippen LogP contribution in [0.25, 0.3) is 11.1 Å². The molecule has 8 heteroatoms. The monoisotopic (exact) mass is 579 g/mol. The summed E-state index contributed by atoms with van der Waals surface area (Å²) in [5.41, 5.74) is 7.66. The van der Waals surface area contributed by atoms with Crippen LogP contribution in [0.4, 0.5) is 5.69 Å². The molecule has 5 rings (SSSR count). The summed E-state index contributed by atoms with van der Waals surface area (Å²) < 4.78 is 36.5. The van der Waals surface area contributed by atoms with Gasteiger partial charge in [-0.15, -0.1) is 0 Å². The molecule has 220 valence electrons. The van der Waals surface area contributed by atoms with Crippen LogP contribution in [0.3, 0.4) is 0 Å². The molecule has 0 amide bonds. The lowest BCUT2D eigenvalue weighted by molar-refractivity contribution is -0.151. The van der Waals surface area contributed by atoms with Crippen molar-refractivity contribution in [2.45, 2.75) is 45.6 Å². The van der Waals surface area contributed by atoms with Gasteiger partial charge in [-0.1, -0.05) is 30.3 Å². The zero-order valence-corrected chi connectivity index (χ0v) is 25.0. The van der Waals surface area contributed by atoms with Gasteiger partial charge in [0.2, 0.25) is 0 Å². The summed E-state index contributed by atoms with van der Waals surface area (Å²) in [4.78, 5) is 12.1. The standard InChI is InChI=1S/C33H41NO6S/c1-4-39-31(35)17-33(21-38-22-33)28-8-10-29(11-9-28)34-18-25-6-5-7-27(16-25)32-23(2)14-30(15-24(32)3)40-19-26-12-13-41(36,37)20-26/h5-11,14-16,26,34,36-37H,4,12-13,17-22H2,1-3H3. The van der Waals surface area contributed by atoms with Crippen molar-refractivity contribution in [1.82, 2.24) is 0 Å². The topological polar surface area (TPSA) is 97.3 Å². The Kier molecular flexibility index (Phi) is 8.94. The van der Waals surface area contributed by atoms with Gasteiger partial charge in [-0.3, -0.25) is 13.9 Å². The average Bonchev–Trinajstić information content (AvgIpc) is 3.27. The van der Waals surface area contributed by atoms with Crippen LogP contribution in [0.1, 0.15) is 42.0 Å². The van der Waals surface area contributed by atoms with Crippen molar-refractivity contribution in [2.75, 3.05) is 43.3 Å². The van der Waals surface area contributed by atoms with Crippen LogP contribution in [0.5, 0.6) is 5.75 Å². The lowest BCUT2D eigenvalue weighted by Gasteiger charge is -2.41. The largest absolute Gasteiger partial charge is 0.493 e. The van der Waals surface area contributed by atoms with E-state index in [1.807, 2.05) is 6.92 Å². The van der Waals surface area contributed by atoms with Crippen LogP contribution < -0.4 is 10.1 Å². The highest BCUT2D eigenvalue weighted by Gasteiger charge is 2.42. The molecule has 2 aliphatic rings. The molecule has 3 aromatic rings. The third-order valence-corrected chi connectivity index (χ3v) is 10.00. The number of hydrogen-bond acceptors (Lipinski definition) is 7. The molecule has 3 aromatic carbocycles. The van der Waals surface area contributed by atoms with E-state index < -0.39 is 10.6 Å². The molecule has 0 bridgehead atoms. The fourth-order valence-corrected chi connectivity index (χ4v) is 7.79. The van der Waals surface area contributed by atoms with E-state index in [4.69, 9.17) is 14.2 Å². The van der Waals surface area contributed by atoms with Gasteiger partial charge in [0.25, 0.3) is 0 Å². The van der Waals surface area contributed by atoms with Gasteiger partial charge in [0, 0.05) is 29.7 Å². The summed E-state index contributed by atoms with van der Waals surface area (Å²) >= 11 is 0. The van der Waals surface area contributed by atoms with Gasteiger partial charge in [0.1, 0.15) is 5.75 Å². The number of anilines is 1. The molecule has 1 atom stereocenters. The van der Waals surface area contributed by atoms with Crippen molar-refractivity contribution in [3.05, 3.63) is 82.9 Å². The van der Waals surface area contributed by atoms with Gasteiger partial charge in [-0.05, 0) is 90.9 Å². The second-order valence-electron chi connectivity index (χ2n) is 11.5. The number of hydrogen-bond donors (Lipinski definition) is 3. The molecule has 1 unspecified atom stereocenters. The van der Waals surface area contributed by atoms with Crippen LogP contribution in [0.2, 0.25) is 0 Å². The number of ether oxygens (including phenoxy) is 3. The lowest BCUT2D eigenvalue weighted by atomic mass is 9.76. The predicted molar refractivity (Wildman–Crippen MR) is 165 cm³/mol. The maximum absolute atomic E-state index is 12.1. The number of benzene rings is 3. The fraction of sp³-hybridized carbons (Fsp3) is 0.424. The molecule has 3 N–H and O–H groups in total. The minimum Gasteiger partial charge on any atom is -0.493 e. The summed E-state index contributed by atoms with van der Waals surface area (Å²) in [7, 11) is -2.40. The highest BCUT2D eigenvalue weighted by molar-refractivity contribution is 8.24. The third kappa shape index (κ3) is 7.07. The highest BCUT2D eigenvalue weighted by atomic mass is 32.3. The maximum Gasteiger partial charge on any atom is 0.306 e. The quantitative estimate of drug-likeness (QED) is 0.212. The van der Waals surface area contributed by atoms with Crippen molar-refractivity contribution in [1.29, 1.82) is 0 Å². The Morgan fingerprint density at radius 3 is 2.41 bits per heavy atom. The Hall–Kier alpha value is -3.04. The van der Waals surface area contributed by atoms with Crippen LogP contribution >= 0.6 is 10.6 Å². The molecule has 0 radical (unpaired) electrons. The molecule has 2 saturated heterocycles. The van der Waals surface area contributed by atoms with Gasteiger partial charge < -0.3 is 19.5 Å². The molecule has 2 fully saturated rings. The Labute approximate surface area is 244 Å². The first-order chi connectivity index (χ1) is 19.7. The number of rotatable bonds is 11. The summed E-state index contributed by atoms with van der Waals surface area (Å²) in [6.45, 7) is 8.69. The first-order valence-corrected chi connectivity index (χ1v) is 16.2. The number of esters is 1.